The number of aromatic nitrogens is 3. The van der Waals surface area contributed by atoms with E-state index < -0.39 is 0 Å². The highest BCUT2D eigenvalue weighted by Crippen LogP contribution is 2.31. The molecule has 1 amide bonds. The number of nitrogens with zero attached hydrogens (tertiary/aromatic N) is 3. The number of aryl methyl sites for hydroxylation is 1. The lowest BCUT2D eigenvalue weighted by atomic mass is 10.1. The third-order valence-corrected chi connectivity index (χ3v) is 5.80. The molecule has 0 aliphatic rings. The second-order valence-electron chi connectivity index (χ2n) is 8.40. The number of imidazole rings is 1. The number of amides is 1. The normalized spacial score (nSPS) is 10.8. The quantitative estimate of drug-likeness (QED) is 0.293. The average Bonchev–Trinajstić information content (AvgIpc) is 3.36. The molecule has 0 spiro atoms. The minimum Gasteiger partial charge on any atom is -0.493 e. The fourth-order valence-electron chi connectivity index (χ4n) is 3.91. The lowest BCUT2D eigenvalue weighted by Gasteiger charge is -2.14. The van der Waals surface area contributed by atoms with E-state index in [2.05, 4.69) is 15.3 Å². The fraction of sp³-hybridized carbons (Fsp3) is 0.138. The molecule has 0 aliphatic heterocycles. The lowest BCUT2D eigenvalue weighted by Crippen LogP contribution is -2.14. The van der Waals surface area contributed by atoms with Crippen molar-refractivity contribution in [2.24, 2.45) is 0 Å². The van der Waals surface area contributed by atoms with E-state index in [1.165, 1.54) is 0 Å². The predicted octanol–water partition coefficient (Wildman–Crippen LogP) is 5.46. The Labute approximate surface area is 214 Å². The number of methoxy groups -OCH3 is 1. The molecule has 0 atom stereocenters. The summed E-state index contributed by atoms with van der Waals surface area (Å²) in [5.74, 6) is 1.26. The molecule has 186 valence electrons. The van der Waals surface area contributed by atoms with E-state index in [-0.39, 0.29) is 12.5 Å². The monoisotopic (exact) mass is 494 g/mol. The molecule has 0 saturated heterocycles. The summed E-state index contributed by atoms with van der Waals surface area (Å²) in [5, 5.41) is 2.93. The standard InChI is InChI=1S/C29H26N4O4/c1-20-6-5-15-33-17-23(31-28(20)33)19-37-25-8-4-3-7-24(25)29(34)32-22-9-10-26(35-2)27(16-22)36-18-21-11-13-30-14-12-21/h3-17H,18-19H2,1-2H3,(H,32,34). The highest BCUT2D eigenvalue weighted by Gasteiger charge is 2.15. The Hall–Kier alpha value is -4.85. The van der Waals surface area contributed by atoms with Crippen LogP contribution in [0.5, 0.6) is 17.2 Å². The molecule has 0 bridgehead atoms. The highest BCUT2D eigenvalue weighted by atomic mass is 16.5. The van der Waals surface area contributed by atoms with Crippen molar-refractivity contribution in [3.8, 4) is 17.2 Å². The molecule has 8 heteroatoms. The summed E-state index contributed by atoms with van der Waals surface area (Å²) >= 11 is 0. The largest absolute Gasteiger partial charge is 0.493 e. The van der Waals surface area contributed by atoms with Gasteiger partial charge in [-0.25, -0.2) is 4.98 Å². The summed E-state index contributed by atoms with van der Waals surface area (Å²) in [6, 6.07) is 20.1. The van der Waals surface area contributed by atoms with Crippen LogP contribution in [-0.2, 0) is 13.2 Å². The number of benzene rings is 2. The number of hydrogen-bond acceptors (Lipinski definition) is 6. The Bertz CT molecular complexity index is 1530. The second-order valence-corrected chi connectivity index (χ2v) is 8.40. The van der Waals surface area contributed by atoms with Crippen LogP contribution in [0.1, 0.15) is 27.2 Å². The molecule has 3 heterocycles. The van der Waals surface area contributed by atoms with E-state index in [0.717, 1.165) is 22.5 Å². The van der Waals surface area contributed by atoms with Gasteiger partial charge in [0, 0.05) is 36.5 Å². The van der Waals surface area contributed by atoms with Crippen LogP contribution in [-0.4, -0.2) is 27.4 Å². The van der Waals surface area contributed by atoms with E-state index >= 15 is 0 Å². The van der Waals surface area contributed by atoms with Gasteiger partial charge in [0.2, 0.25) is 0 Å². The minimum absolute atomic E-state index is 0.237. The van der Waals surface area contributed by atoms with E-state index in [4.69, 9.17) is 14.2 Å². The number of pyridine rings is 2. The first kappa shape index (κ1) is 23.9. The lowest BCUT2D eigenvalue weighted by molar-refractivity contribution is 0.102. The second kappa shape index (κ2) is 10.8. The van der Waals surface area contributed by atoms with Gasteiger partial charge in [-0.15, -0.1) is 0 Å². The SMILES string of the molecule is COc1ccc(NC(=O)c2ccccc2OCc2cn3cccc(C)c3n2)cc1OCc1ccncc1. The molecule has 2 aromatic carbocycles. The van der Waals surface area contributed by atoms with E-state index in [9.17, 15) is 4.79 Å². The molecular formula is C29H26N4O4. The number of fused-ring (bicyclic) bond motifs is 1. The maximum atomic E-state index is 13.2. The maximum Gasteiger partial charge on any atom is 0.259 e. The summed E-state index contributed by atoms with van der Waals surface area (Å²) in [7, 11) is 1.57. The highest BCUT2D eigenvalue weighted by molar-refractivity contribution is 6.06. The summed E-state index contributed by atoms with van der Waals surface area (Å²) in [5.41, 5.74) is 4.69. The van der Waals surface area contributed by atoms with Crippen molar-refractivity contribution in [1.82, 2.24) is 14.4 Å². The Morgan fingerprint density at radius 3 is 2.54 bits per heavy atom. The van der Waals surface area contributed by atoms with Gasteiger partial charge in [0.15, 0.2) is 11.5 Å². The predicted molar refractivity (Wildman–Crippen MR) is 140 cm³/mol. The van der Waals surface area contributed by atoms with Crippen LogP contribution in [0.3, 0.4) is 0 Å². The maximum absolute atomic E-state index is 13.2. The molecule has 5 rings (SSSR count). The number of ether oxygens (including phenoxy) is 3. The topological polar surface area (TPSA) is 87.0 Å². The number of hydrogen-bond donors (Lipinski definition) is 1. The van der Waals surface area contributed by atoms with Crippen molar-refractivity contribution in [1.29, 1.82) is 0 Å². The van der Waals surface area contributed by atoms with Crippen molar-refractivity contribution in [3.05, 3.63) is 114 Å². The molecular weight excluding hydrogens is 468 g/mol. The molecule has 0 radical (unpaired) electrons. The van der Waals surface area contributed by atoms with Gasteiger partial charge in [0.25, 0.3) is 5.91 Å². The summed E-state index contributed by atoms with van der Waals surface area (Å²) in [6.07, 6.45) is 7.30. The Balaban J connectivity index is 1.29. The molecule has 0 saturated carbocycles. The molecule has 5 aromatic rings. The van der Waals surface area contributed by atoms with Crippen molar-refractivity contribution < 1.29 is 19.0 Å². The van der Waals surface area contributed by atoms with Gasteiger partial charge in [-0.1, -0.05) is 18.2 Å². The van der Waals surface area contributed by atoms with Gasteiger partial charge in [-0.2, -0.15) is 0 Å². The molecule has 0 fully saturated rings. The van der Waals surface area contributed by atoms with Crippen LogP contribution in [0.4, 0.5) is 5.69 Å². The fourth-order valence-corrected chi connectivity index (χ4v) is 3.91. The average molecular weight is 495 g/mol. The summed E-state index contributed by atoms with van der Waals surface area (Å²) in [4.78, 5) is 21.8. The number of carbonyl (C=O) groups excluding carboxylic acids is 1. The Morgan fingerprint density at radius 2 is 1.73 bits per heavy atom. The zero-order chi connectivity index (χ0) is 25.6. The summed E-state index contributed by atoms with van der Waals surface area (Å²) in [6.45, 7) is 2.60. The zero-order valence-corrected chi connectivity index (χ0v) is 20.5. The van der Waals surface area contributed by atoms with Gasteiger partial charge in [-0.3, -0.25) is 9.78 Å². The molecule has 0 unspecified atom stereocenters. The van der Waals surface area contributed by atoms with Crippen molar-refractivity contribution >= 4 is 17.2 Å². The van der Waals surface area contributed by atoms with Crippen LogP contribution in [0.15, 0.2) is 91.5 Å². The first-order chi connectivity index (χ1) is 18.1. The number of rotatable bonds is 9. The first-order valence-corrected chi connectivity index (χ1v) is 11.8. The molecule has 37 heavy (non-hydrogen) atoms. The Morgan fingerprint density at radius 1 is 0.919 bits per heavy atom. The van der Waals surface area contributed by atoms with Gasteiger partial charge in [0.05, 0.1) is 18.4 Å². The smallest absolute Gasteiger partial charge is 0.259 e. The molecule has 3 aromatic heterocycles. The van der Waals surface area contributed by atoms with Crippen LogP contribution in [0.2, 0.25) is 0 Å². The number of carbonyl (C=O) groups is 1. The van der Waals surface area contributed by atoms with Gasteiger partial charge in [0.1, 0.15) is 24.6 Å². The third-order valence-electron chi connectivity index (χ3n) is 5.80. The van der Waals surface area contributed by atoms with Gasteiger partial charge in [-0.05, 0) is 60.5 Å². The number of anilines is 1. The van der Waals surface area contributed by atoms with E-state index in [1.807, 2.05) is 54.0 Å². The van der Waals surface area contributed by atoms with Crippen molar-refractivity contribution in [2.75, 3.05) is 12.4 Å². The van der Waals surface area contributed by atoms with Crippen LogP contribution in [0, 0.1) is 6.92 Å². The van der Waals surface area contributed by atoms with E-state index in [0.29, 0.717) is 35.1 Å². The van der Waals surface area contributed by atoms with Crippen molar-refractivity contribution in [3.63, 3.8) is 0 Å². The molecule has 8 nitrogen and oxygen atoms in total. The van der Waals surface area contributed by atoms with Gasteiger partial charge < -0.3 is 23.9 Å². The van der Waals surface area contributed by atoms with Crippen LogP contribution < -0.4 is 19.5 Å². The Kier molecular flexibility index (Phi) is 6.98. The minimum atomic E-state index is -0.299. The number of para-hydroxylation sites is 1. The van der Waals surface area contributed by atoms with Crippen molar-refractivity contribution in [2.45, 2.75) is 20.1 Å². The molecule has 1 N–H and O–H groups in total. The van der Waals surface area contributed by atoms with Gasteiger partial charge >= 0.3 is 0 Å². The molecule has 0 aliphatic carbocycles. The summed E-state index contributed by atoms with van der Waals surface area (Å²) < 4.78 is 19.3. The first-order valence-electron chi connectivity index (χ1n) is 11.8. The number of nitrogens with one attached hydrogen (secondary N) is 1. The zero-order valence-electron chi connectivity index (χ0n) is 20.5. The third kappa shape index (κ3) is 5.54. The van der Waals surface area contributed by atoms with E-state index in [1.54, 1.807) is 55.9 Å². The van der Waals surface area contributed by atoms with Crippen LogP contribution in [0.25, 0.3) is 5.65 Å². The van der Waals surface area contributed by atoms with Crippen LogP contribution >= 0.6 is 0 Å².